The molecule has 0 amide bonds. The summed E-state index contributed by atoms with van der Waals surface area (Å²) in [5, 5.41) is 13.4. The standard InChI is InChI=1S/C13H15ClN2O2/c14-13-9-4-1-2-5-10(9)16-11(13)8-15-7-3-6-12(17)18/h1-2,4-5,15-16H,3,6-8H2,(H,17,18). The van der Waals surface area contributed by atoms with Crippen molar-refractivity contribution in [2.45, 2.75) is 19.4 Å². The molecule has 0 radical (unpaired) electrons. The van der Waals surface area contributed by atoms with Crippen LogP contribution in [-0.2, 0) is 11.3 Å². The van der Waals surface area contributed by atoms with Gasteiger partial charge in [0.2, 0.25) is 0 Å². The van der Waals surface area contributed by atoms with Gasteiger partial charge >= 0.3 is 5.97 Å². The average Bonchev–Trinajstić information content (AvgIpc) is 2.66. The number of benzene rings is 1. The molecule has 2 aromatic rings. The quantitative estimate of drug-likeness (QED) is 0.705. The molecule has 0 fully saturated rings. The minimum absolute atomic E-state index is 0.188. The number of carboxylic acids is 1. The van der Waals surface area contributed by atoms with Crippen molar-refractivity contribution < 1.29 is 9.90 Å². The summed E-state index contributed by atoms with van der Waals surface area (Å²) in [5.41, 5.74) is 1.96. The highest BCUT2D eigenvalue weighted by Gasteiger charge is 2.08. The van der Waals surface area contributed by atoms with Crippen molar-refractivity contribution in [3.05, 3.63) is 35.0 Å². The lowest BCUT2D eigenvalue weighted by Crippen LogP contribution is -2.16. The number of H-pyrrole nitrogens is 1. The number of para-hydroxylation sites is 1. The van der Waals surface area contributed by atoms with E-state index in [1.165, 1.54) is 0 Å². The summed E-state index contributed by atoms with van der Waals surface area (Å²) in [7, 11) is 0. The second-order valence-corrected chi connectivity index (χ2v) is 4.52. The van der Waals surface area contributed by atoms with E-state index in [-0.39, 0.29) is 6.42 Å². The molecule has 0 saturated carbocycles. The Bertz CT molecular complexity index is 551. The van der Waals surface area contributed by atoms with E-state index >= 15 is 0 Å². The molecule has 0 aliphatic heterocycles. The Morgan fingerprint density at radius 2 is 2.17 bits per heavy atom. The van der Waals surface area contributed by atoms with Crippen LogP contribution >= 0.6 is 11.6 Å². The van der Waals surface area contributed by atoms with Gasteiger partial charge in [-0.3, -0.25) is 4.79 Å². The summed E-state index contributed by atoms with van der Waals surface area (Å²) in [5.74, 6) is -0.763. The van der Waals surface area contributed by atoms with Gasteiger partial charge in [0, 0.05) is 29.6 Å². The van der Waals surface area contributed by atoms with Crippen LogP contribution < -0.4 is 5.32 Å². The summed E-state index contributed by atoms with van der Waals surface area (Å²) >= 11 is 6.26. The number of carbonyl (C=O) groups is 1. The lowest BCUT2D eigenvalue weighted by molar-refractivity contribution is -0.137. The summed E-state index contributed by atoms with van der Waals surface area (Å²) in [6.07, 6.45) is 0.806. The van der Waals surface area contributed by atoms with Gasteiger partial charge in [-0.25, -0.2) is 0 Å². The number of rotatable bonds is 6. The zero-order valence-electron chi connectivity index (χ0n) is 9.87. The van der Waals surface area contributed by atoms with Crippen molar-refractivity contribution in [1.29, 1.82) is 0 Å². The lowest BCUT2D eigenvalue weighted by atomic mass is 10.2. The highest BCUT2D eigenvalue weighted by molar-refractivity contribution is 6.36. The molecule has 3 N–H and O–H groups in total. The molecule has 0 atom stereocenters. The van der Waals surface area contributed by atoms with Gasteiger partial charge in [0.1, 0.15) is 0 Å². The van der Waals surface area contributed by atoms with Crippen LogP contribution in [0.25, 0.3) is 10.9 Å². The average molecular weight is 267 g/mol. The van der Waals surface area contributed by atoms with Crippen molar-refractivity contribution in [3.8, 4) is 0 Å². The highest BCUT2D eigenvalue weighted by Crippen LogP contribution is 2.26. The zero-order chi connectivity index (χ0) is 13.0. The number of hydrogen-bond acceptors (Lipinski definition) is 2. The van der Waals surface area contributed by atoms with E-state index in [0.717, 1.165) is 21.6 Å². The fourth-order valence-corrected chi connectivity index (χ4v) is 2.14. The van der Waals surface area contributed by atoms with Crippen molar-refractivity contribution in [3.63, 3.8) is 0 Å². The molecule has 0 aliphatic rings. The SMILES string of the molecule is O=C(O)CCCNCc1[nH]c2ccccc2c1Cl. The van der Waals surface area contributed by atoms with E-state index in [0.29, 0.717) is 19.5 Å². The predicted molar refractivity (Wildman–Crippen MR) is 71.9 cm³/mol. The van der Waals surface area contributed by atoms with Gasteiger partial charge in [-0.05, 0) is 19.0 Å². The Morgan fingerprint density at radius 1 is 1.39 bits per heavy atom. The lowest BCUT2D eigenvalue weighted by Gasteiger charge is -2.02. The molecule has 1 aromatic heterocycles. The van der Waals surface area contributed by atoms with Crippen LogP contribution in [0, 0.1) is 0 Å². The molecule has 0 spiro atoms. The maximum Gasteiger partial charge on any atom is 0.303 e. The molecule has 18 heavy (non-hydrogen) atoms. The van der Waals surface area contributed by atoms with Gasteiger partial charge in [-0.2, -0.15) is 0 Å². The first kappa shape index (κ1) is 12.9. The Labute approximate surface area is 110 Å². The Hall–Kier alpha value is -1.52. The summed E-state index contributed by atoms with van der Waals surface area (Å²) in [4.78, 5) is 13.6. The third kappa shape index (κ3) is 3.03. The van der Waals surface area contributed by atoms with Crippen molar-refractivity contribution in [2.24, 2.45) is 0 Å². The van der Waals surface area contributed by atoms with Gasteiger partial charge in [0.15, 0.2) is 0 Å². The fraction of sp³-hybridized carbons (Fsp3) is 0.308. The van der Waals surface area contributed by atoms with Crippen LogP contribution in [0.4, 0.5) is 0 Å². The van der Waals surface area contributed by atoms with Gasteiger partial charge < -0.3 is 15.4 Å². The van der Waals surface area contributed by atoms with Crippen molar-refractivity contribution >= 4 is 28.5 Å². The number of hydrogen-bond donors (Lipinski definition) is 3. The number of aliphatic carboxylic acids is 1. The zero-order valence-corrected chi connectivity index (χ0v) is 10.6. The first-order chi connectivity index (χ1) is 8.68. The Kier molecular flexibility index (Phi) is 4.23. The van der Waals surface area contributed by atoms with Crippen LogP contribution in [0.3, 0.4) is 0 Å². The van der Waals surface area contributed by atoms with Crippen LogP contribution in [-0.4, -0.2) is 22.6 Å². The van der Waals surface area contributed by atoms with E-state index in [1.54, 1.807) is 0 Å². The van der Waals surface area contributed by atoms with Crippen LogP contribution in [0.1, 0.15) is 18.5 Å². The molecule has 0 bridgehead atoms. The smallest absolute Gasteiger partial charge is 0.303 e. The first-order valence-corrected chi connectivity index (χ1v) is 6.24. The molecular weight excluding hydrogens is 252 g/mol. The van der Waals surface area contributed by atoms with E-state index in [4.69, 9.17) is 16.7 Å². The van der Waals surface area contributed by atoms with Gasteiger partial charge in [-0.1, -0.05) is 29.8 Å². The fourth-order valence-electron chi connectivity index (χ4n) is 1.86. The Balaban J connectivity index is 1.91. The molecule has 1 heterocycles. The number of aromatic amines is 1. The monoisotopic (exact) mass is 266 g/mol. The molecule has 0 saturated heterocycles. The second kappa shape index (κ2) is 5.89. The van der Waals surface area contributed by atoms with Crippen LogP contribution in [0.2, 0.25) is 5.02 Å². The molecular formula is C13H15ClN2O2. The highest BCUT2D eigenvalue weighted by atomic mass is 35.5. The van der Waals surface area contributed by atoms with Crippen LogP contribution in [0.5, 0.6) is 0 Å². The van der Waals surface area contributed by atoms with E-state index in [2.05, 4.69) is 10.3 Å². The third-order valence-electron chi connectivity index (χ3n) is 2.76. The van der Waals surface area contributed by atoms with E-state index < -0.39 is 5.97 Å². The summed E-state index contributed by atoms with van der Waals surface area (Å²) in [6, 6.07) is 7.86. The molecule has 5 heteroatoms. The maximum atomic E-state index is 10.3. The number of fused-ring (bicyclic) bond motifs is 1. The van der Waals surface area contributed by atoms with Crippen LogP contribution in [0.15, 0.2) is 24.3 Å². The molecule has 4 nitrogen and oxygen atoms in total. The molecule has 0 unspecified atom stereocenters. The summed E-state index contributed by atoms with van der Waals surface area (Å²) < 4.78 is 0. The van der Waals surface area contributed by atoms with Gasteiger partial charge in [0.05, 0.1) is 5.02 Å². The second-order valence-electron chi connectivity index (χ2n) is 4.14. The molecule has 0 aliphatic carbocycles. The minimum atomic E-state index is -0.763. The van der Waals surface area contributed by atoms with Crippen molar-refractivity contribution in [2.75, 3.05) is 6.54 Å². The topological polar surface area (TPSA) is 65.1 Å². The minimum Gasteiger partial charge on any atom is -0.481 e. The largest absolute Gasteiger partial charge is 0.481 e. The Morgan fingerprint density at radius 3 is 2.89 bits per heavy atom. The normalized spacial score (nSPS) is 10.9. The van der Waals surface area contributed by atoms with Gasteiger partial charge in [-0.15, -0.1) is 0 Å². The molecule has 96 valence electrons. The van der Waals surface area contributed by atoms with Gasteiger partial charge in [0.25, 0.3) is 0 Å². The molecule has 2 rings (SSSR count). The first-order valence-electron chi connectivity index (χ1n) is 5.86. The molecule has 1 aromatic carbocycles. The number of carboxylic acid groups (broad SMARTS) is 1. The van der Waals surface area contributed by atoms with E-state index in [1.807, 2.05) is 24.3 Å². The predicted octanol–water partition coefficient (Wildman–Crippen LogP) is 2.78. The summed E-state index contributed by atoms with van der Waals surface area (Å²) in [6.45, 7) is 1.28. The van der Waals surface area contributed by atoms with Crippen molar-refractivity contribution in [1.82, 2.24) is 10.3 Å². The third-order valence-corrected chi connectivity index (χ3v) is 3.19. The number of aromatic nitrogens is 1. The number of halogens is 1. The van der Waals surface area contributed by atoms with E-state index in [9.17, 15) is 4.79 Å². The number of nitrogens with one attached hydrogen (secondary N) is 2. The maximum absolute atomic E-state index is 10.3.